The highest BCUT2D eigenvalue weighted by Gasteiger charge is 2.21. The maximum absolute atomic E-state index is 12.8. The van der Waals surface area contributed by atoms with Crippen LogP contribution >= 0.6 is 0 Å². The van der Waals surface area contributed by atoms with Crippen LogP contribution in [-0.2, 0) is 10.0 Å². The average Bonchev–Trinajstić information content (AvgIpc) is 2.68. The molecule has 1 unspecified atom stereocenters. The number of amides is 1. The summed E-state index contributed by atoms with van der Waals surface area (Å²) in [7, 11) is -2.19. The van der Waals surface area contributed by atoms with Gasteiger partial charge in [0.15, 0.2) is 0 Å². The molecule has 152 valence electrons. The van der Waals surface area contributed by atoms with Gasteiger partial charge in [-0.2, -0.15) is 0 Å². The number of benzene rings is 2. The van der Waals surface area contributed by atoms with Gasteiger partial charge >= 0.3 is 0 Å². The molecule has 1 N–H and O–H groups in total. The zero-order valence-corrected chi connectivity index (χ0v) is 17.8. The summed E-state index contributed by atoms with van der Waals surface area (Å²) in [6.07, 6.45) is 0. The van der Waals surface area contributed by atoms with Crippen LogP contribution in [0.2, 0.25) is 0 Å². The Kier molecular flexibility index (Phi) is 7.21. The molecule has 0 saturated carbocycles. The van der Waals surface area contributed by atoms with Crippen LogP contribution in [0.5, 0.6) is 5.75 Å². The van der Waals surface area contributed by atoms with E-state index in [4.69, 9.17) is 4.74 Å². The van der Waals surface area contributed by atoms with Gasteiger partial charge in [-0.05, 0) is 58.0 Å². The smallest absolute Gasteiger partial charge is 0.253 e. The molecule has 6 nitrogen and oxygen atoms in total. The Morgan fingerprint density at radius 3 is 2.25 bits per heavy atom. The van der Waals surface area contributed by atoms with E-state index in [-0.39, 0.29) is 10.8 Å². The molecular formula is C21H28N2O4S. The molecule has 1 atom stereocenters. The van der Waals surface area contributed by atoms with E-state index in [1.165, 1.54) is 12.1 Å². The molecule has 0 saturated heterocycles. The lowest BCUT2D eigenvalue weighted by Gasteiger charge is -2.19. The lowest BCUT2D eigenvalue weighted by molar-refractivity contribution is 0.0773. The first-order valence-electron chi connectivity index (χ1n) is 9.29. The van der Waals surface area contributed by atoms with Crippen molar-refractivity contribution >= 4 is 15.9 Å². The fraction of sp³-hybridized carbons (Fsp3) is 0.381. The van der Waals surface area contributed by atoms with Crippen molar-refractivity contribution < 1.29 is 17.9 Å². The Labute approximate surface area is 167 Å². The molecule has 2 rings (SSSR count). The van der Waals surface area contributed by atoms with Gasteiger partial charge in [0.1, 0.15) is 5.75 Å². The quantitative estimate of drug-likeness (QED) is 0.730. The van der Waals surface area contributed by atoms with Crippen molar-refractivity contribution in [3.05, 3.63) is 59.2 Å². The number of carbonyl (C=O) groups excluding carboxylic acids is 1. The van der Waals surface area contributed by atoms with Crippen LogP contribution in [-0.4, -0.2) is 39.4 Å². The molecule has 2 aromatic carbocycles. The maximum Gasteiger partial charge on any atom is 0.253 e. The largest absolute Gasteiger partial charge is 0.496 e. The van der Waals surface area contributed by atoms with E-state index in [1.807, 2.05) is 39.0 Å². The van der Waals surface area contributed by atoms with Crippen molar-refractivity contribution in [2.24, 2.45) is 0 Å². The van der Waals surface area contributed by atoms with E-state index in [0.717, 1.165) is 11.1 Å². The predicted octanol–water partition coefficient (Wildman–Crippen LogP) is 3.53. The molecule has 0 aliphatic heterocycles. The third kappa shape index (κ3) is 4.91. The molecule has 0 spiro atoms. The molecule has 0 fully saturated rings. The minimum Gasteiger partial charge on any atom is -0.496 e. The summed E-state index contributed by atoms with van der Waals surface area (Å²) in [5.41, 5.74) is 2.25. The van der Waals surface area contributed by atoms with Crippen LogP contribution in [0.4, 0.5) is 0 Å². The number of carbonyl (C=O) groups is 1. The van der Waals surface area contributed by atoms with Gasteiger partial charge < -0.3 is 9.64 Å². The first kappa shape index (κ1) is 21.9. The summed E-state index contributed by atoms with van der Waals surface area (Å²) < 4.78 is 33.6. The Balaban J connectivity index is 2.23. The lowest BCUT2D eigenvalue weighted by Crippen LogP contribution is -2.30. The summed E-state index contributed by atoms with van der Waals surface area (Å²) in [5, 5.41) is 0. The molecule has 0 radical (unpaired) electrons. The lowest BCUT2D eigenvalue weighted by atomic mass is 10.1. The molecule has 0 aromatic heterocycles. The monoisotopic (exact) mass is 404 g/mol. The van der Waals surface area contributed by atoms with Gasteiger partial charge in [0.2, 0.25) is 10.0 Å². The average molecular weight is 405 g/mol. The van der Waals surface area contributed by atoms with Crippen LogP contribution in [0.25, 0.3) is 0 Å². The Bertz CT molecular complexity index is 920. The standard InChI is InChI=1S/C21H28N2O4S/c1-6-23(7-2)21(24)17-9-11-18(12-10-17)28(25,26)22-16(4)19-14-15(3)8-13-20(19)27-5/h8-14,16,22H,6-7H2,1-5H3. The van der Waals surface area contributed by atoms with Gasteiger partial charge in [-0.15, -0.1) is 0 Å². The van der Waals surface area contributed by atoms with Crippen molar-refractivity contribution in [1.82, 2.24) is 9.62 Å². The van der Waals surface area contributed by atoms with E-state index < -0.39 is 16.1 Å². The Hall–Kier alpha value is -2.38. The second kappa shape index (κ2) is 9.21. The number of methoxy groups -OCH3 is 1. The molecule has 0 aliphatic carbocycles. The number of nitrogens with one attached hydrogen (secondary N) is 1. The zero-order valence-electron chi connectivity index (χ0n) is 17.0. The molecule has 28 heavy (non-hydrogen) atoms. The number of hydrogen-bond acceptors (Lipinski definition) is 4. The summed E-state index contributed by atoms with van der Waals surface area (Å²) in [5.74, 6) is 0.515. The number of ether oxygens (including phenoxy) is 1. The number of rotatable bonds is 8. The maximum atomic E-state index is 12.8. The van der Waals surface area contributed by atoms with Crippen LogP contribution in [0.15, 0.2) is 47.4 Å². The molecule has 0 aliphatic rings. The third-order valence-corrected chi connectivity index (χ3v) is 6.20. The van der Waals surface area contributed by atoms with Crippen LogP contribution < -0.4 is 9.46 Å². The first-order valence-corrected chi connectivity index (χ1v) is 10.8. The number of sulfonamides is 1. The molecule has 2 aromatic rings. The number of aryl methyl sites for hydroxylation is 1. The van der Waals surface area contributed by atoms with Crippen molar-refractivity contribution in [3.63, 3.8) is 0 Å². The fourth-order valence-corrected chi connectivity index (χ4v) is 4.25. The minimum atomic E-state index is -3.75. The minimum absolute atomic E-state index is 0.111. The summed E-state index contributed by atoms with van der Waals surface area (Å²) in [6, 6.07) is 11.2. The van der Waals surface area contributed by atoms with Gasteiger partial charge in [-0.25, -0.2) is 13.1 Å². The van der Waals surface area contributed by atoms with Gasteiger partial charge in [-0.3, -0.25) is 4.79 Å². The second-order valence-corrected chi connectivity index (χ2v) is 8.30. The Morgan fingerprint density at radius 1 is 1.11 bits per heavy atom. The Morgan fingerprint density at radius 2 is 1.71 bits per heavy atom. The van der Waals surface area contributed by atoms with Crippen LogP contribution in [0, 0.1) is 6.92 Å². The van der Waals surface area contributed by atoms with Crippen molar-refractivity contribution in [1.29, 1.82) is 0 Å². The van der Waals surface area contributed by atoms with E-state index in [1.54, 1.807) is 31.1 Å². The van der Waals surface area contributed by atoms with E-state index in [0.29, 0.717) is 24.4 Å². The highest BCUT2D eigenvalue weighted by atomic mass is 32.2. The second-order valence-electron chi connectivity index (χ2n) is 6.59. The van der Waals surface area contributed by atoms with E-state index in [9.17, 15) is 13.2 Å². The van der Waals surface area contributed by atoms with Crippen molar-refractivity contribution in [2.45, 2.75) is 38.6 Å². The van der Waals surface area contributed by atoms with Gasteiger partial charge in [0.25, 0.3) is 5.91 Å². The predicted molar refractivity (Wildman–Crippen MR) is 110 cm³/mol. The van der Waals surface area contributed by atoms with Crippen LogP contribution in [0.3, 0.4) is 0 Å². The summed E-state index contributed by atoms with van der Waals surface area (Å²) in [6.45, 7) is 8.73. The van der Waals surface area contributed by atoms with Crippen LogP contribution in [0.1, 0.15) is 48.3 Å². The number of nitrogens with zero attached hydrogens (tertiary/aromatic N) is 1. The SMILES string of the molecule is CCN(CC)C(=O)c1ccc(S(=O)(=O)NC(C)c2cc(C)ccc2OC)cc1. The van der Waals surface area contributed by atoms with Crippen molar-refractivity contribution in [3.8, 4) is 5.75 Å². The fourth-order valence-electron chi connectivity index (χ4n) is 3.03. The normalized spacial score (nSPS) is 12.5. The number of hydrogen-bond donors (Lipinski definition) is 1. The molecular weight excluding hydrogens is 376 g/mol. The first-order chi connectivity index (χ1) is 13.2. The zero-order chi connectivity index (χ0) is 20.9. The summed E-state index contributed by atoms with van der Waals surface area (Å²) >= 11 is 0. The highest BCUT2D eigenvalue weighted by Crippen LogP contribution is 2.27. The third-order valence-electron chi connectivity index (χ3n) is 4.65. The highest BCUT2D eigenvalue weighted by molar-refractivity contribution is 7.89. The molecule has 0 heterocycles. The molecule has 0 bridgehead atoms. The topological polar surface area (TPSA) is 75.7 Å². The molecule has 1 amide bonds. The van der Waals surface area contributed by atoms with E-state index in [2.05, 4.69) is 4.72 Å². The van der Waals surface area contributed by atoms with Gasteiger partial charge in [0, 0.05) is 30.3 Å². The van der Waals surface area contributed by atoms with Gasteiger partial charge in [0.05, 0.1) is 12.0 Å². The summed E-state index contributed by atoms with van der Waals surface area (Å²) in [4.78, 5) is 14.2. The molecule has 7 heteroatoms. The van der Waals surface area contributed by atoms with Crippen molar-refractivity contribution in [2.75, 3.05) is 20.2 Å². The van der Waals surface area contributed by atoms with E-state index >= 15 is 0 Å². The van der Waals surface area contributed by atoms with Gasteiger partial charge in [-0.1, -0.05) is 17.7 Å².